The predicted molar refractivity (Wildman–Crippen MR) is 70.3 cm³/mol. The Morgan fingerprint density at radius 1 is 1.56 bits per heavy atom. The highest BCUT2D eigenvalue weighted by molar-refractivity contribution is 7.99. The van der Waals surface area contributed by atoms with Crippen LogP contribution in [-0.4, -0.2) is 23.3 Å². The number of hydrogen-bond acceptors (Lipinski definition) is 6. The van der Waals surface area contributed by atoms with Crippen LogP contribution < -0.4 is 5.73 Å². The van der Waals surface area contributed by atoms with Gasteiger partial charge in [0.25, 0.3) is 5.69 Å². The molecule has 0 saturated heterocycles. The number of nitrogens with zero attached hydrogens (tertiary/aromatic N) is 1. The van der Waals surface area contributed by atoms with E-state index in [1.54, 1.807) is 19.1 Å². The fourth-order valence-electron chi connectivity index (χ4n) is 1.33. The van der Waals surface area contributed by atoms with Crippen molar-refractivity contribution in [3.63, 3.8) is 0 Å². The van der Waals surface area contributed by atoms with Crippen molar-refractivity contribution in [2.75, 3.05) is 18.1 Å². The van der Waals surface area contributed by atoms with Gasteiger partial charge in [0.05, 0.1) is 17.3 Å². The maximum Gasteiger partial charge on any atom is 0.315 e. The van der Waals surface area contributed by atoms with Crippen molar-refractivity contribution in [1.29, 1.82) is 0 Å². The molecule has 0 bridgehead atoms. The van der Waals surface area contributed by atoms with E-state index >= 15 is 0 Å². The highest BCUT2D eigenvalue weighted by Crippen LogP contribution is 2.27. The molecule has 6 nitrogen and oxygen atoms in total. The number of nitro groups is 1. The summed E-state index contributed by atoms with van der Waals surface area (Å²) in [5.74, 6) is 0.342. The van der Waals surface area contributed by atoms with E-state index in [0.29, 0.717) is 17.9 Å². The standard InChI is InChI=1S/C11H14N2O4S/c1-2-17-10(14)7-18-6-8-4-3-5-9(11(8)12)13(15)16/h3-5H,2,6-7,12H2,1H3. The number of carbonyl (C=O) groups excluding carboxylic acids is 1. The molecule has 0 radical (unpaired) electrons. The van der Waals surface area contributed by atoms with Crippen LogP contribution in [0, 0.1) is 10.1 Å². The third kappa shape index (κ3) is 3.92. The quantitative estimate of drug-likeness (QED) is 0.367. The molecule has 0 atom stereocenters. The zero-order chi connectivity index (χ0) is 13.5. The van der Waals surface area contributed by atoms with Gasteiger partial charge in [-0.25, -0.2) is 0 Å². The summed E-state index contributed by atoms with van der Waals surface area (Å²) in [5.41, 5.74) is 6.38. The minimum absolute atomic E-state index is 0.107. The summed E-state index contributed by atoms with van der Waals surface area (Å²) in [6.07, 6.45) is 0. The highest BCUT2D eigenvalue weighted by Gasteiger charge is 2.14. The van der Waals surface area contributed by atoms with Crippen molar-refractivity contribution in [1.82, 2.24) is 0 Å². The molecule has 1 rings (SSSR count). The molecule has 0 amide bonds. The fourth-order valence-corrected chi connectivity index (χ4v) is 2.16. The molecule has 0 saturated carbocycles. The molecule has 0 spiro atoms. The number of anilines is 1. The van der Waals surface area contributed by atoms with Crippen LogP contribution in [-0.2, 0) is 15.3 Å². The average Bonchev–Trinajstić information content (AvgIpc) is 2.31. The van der Waals surface area contributed by atoms with Gasteiger partial charge < -0.3 is 10.5 Å². The highest BCUT2D eigenvalue weighted by atomic mass is 32.2. The van der Waals surface area contributed by atoms with Crippen LogP contribution in [0.15, 0.2) is 18.2 Å². The van der Waals surface area contributed by atoms with Gasteiger partial charge >= 0.3 is 5.97 Å². The Morgan fingerprint density at radius 2 is 2.28 bits per heavy atom. The first kappa shape index (κ1) is 14.3. The van der Waals surface area contributed by atoms with Gasteiger partial charge in [0.15, 0.2) is 0 Å². The molecule has 1 aromatic rings. The second-order valence-electron chi connectivity index (χ2n) is 3.40. The maximum atomic E-state index is 11.1. The van der Waals surface area contributed by atoms with Crippen LogP contribution in [0.5, 0.6) is 0 Å². The molecule has 98 valence electrons. The Balaban J connectivity index is 2.60. The molecular formula is C11H14N2O4S. The summed E-state index contributed by atoms with van der Waals surface area (Å²) in [4.78, 5) is 21.3. The molecule has 7 heteroatoms. The number of esters is 1. The third-order valence-corrected chi connectivity index (χ3v) is 3.11. The first-order valence-electron chi connectivity index (χ1n) is 5.31. The van der Waals surface area contributed by atoms with E-state index in [0.717, 1.165) is 0 Å². The summed E-state index contributed by atoms with van der Waals surface area (Å²) >= 11 is 1.31. The monoisotopic (exact) mass is 270 g/mol. The summed E-state index contributed by atoms with van der Waals surface area (Å²) in [6, 6.07) is 4.64. The van der Waals surface area contributed by atoms with Crippen molar-refractivity contribution in [2.24, 2.45) is 0 Å². The summed E-state index contributed by atoms with van der Waals surface area (Å²) < 4.78 is 4.77. The van der Waals surface area contributed by atoms with Crippen molar-refractivity contribution in [2.45, 2.75) is 12.7 Å². The predicted octanol–water partition coefficient (Wildman–Crippen LogP) is 1.97. The van der Waals surface area contributed by atoms with Crippen molar-refractivity contribution >= 4 is 29.1 Å². The van der Waals surface area contributed by atoms with Gasteiger partial charge in [0.2, 0.25) is 0 Å². The Hall–Kier alpha value is -1.76. The molecule has 18 heavy (non-hydrogen) atoms. The lowest BCUT2D eigenvalue weighted by molar-refractivity contribution is -0.383. The van der Waals surface area contributed by atoms with Crippen molar-refractivity contribution in [3.8, 4) is 0 Å². The SMILES string of the molecule is CCOC(=O)CSCc1cccc([N+](=O)[O-])c1N. The molecule has 0 fully saturated rings. The number of ether oxygens (including phenoxy) is 1. The van der Waals surface area contributed by atoms with Gasteiger partial charge in [-0.05, 0) is 12.5 Å². The number of hydrogen-bond donors (Lipinski definition) is 1. The Morgan fingerprint density at radius 3 is 2.89 bits per heavy atom. The number of benzene rings is 1. The molecular weight excluding hydrogens is 256 g/mol. The minimum atomic E-state index is -0.519. The lowest BCUT2D eigenvalue weighted by Gasteiger charge is -2.05. The van der Waals surface area contributed by atoms with Gasteiger partial charge in [0, 0.05) is 11.8 Å². The molecule has 2 N–H and O–H groups in total. The lowest BCUT2D eigenvalue weighted by Crippen LogP contribution is -2.07. The van der Waals surface area contributed by atoms with Gasteiger partial charge in [-0.15, -0.1) is 11.8 Å². The fraction of sp³-hybridized carbons (Fsp3) is 0.364. The molecule has 0 heterocycles. The number of para-hydroxylation sites is 1. The zero-order valence-electron chi connectivity index (χ0n) is 9.92. The molecule has 1 aromatic carbocycles. The first-order chi connectivity index (χ1) is 8.56. The van der Waals surface area contributed by atoms with E-state index in [-0.39, 0.29) is 23.1 Å². The molecule has 0 aliphatic rings. The second-order valence-corrected chi connectivity index (χ2v) is 4.39. The van der Waals surface area contributed by atoms with E-state index in [4.69, 9.17) is 10.5 Å². The van der Waals surface area contributed by atoms with E-state index in [9.17, 15) is 14.9 Å². The van der Waals surface area contributed by atoms with E-state index < -0.39 is 4.92 Å². The normalized spacial score (nSPS) is 10.1. The third-order valence-electron chi connectivity index (χ3n) is 2.15. The van der Waals surface area contributed by atoms with Crippen LogP contribution in [0.3, 0.4) is 0 Å². The lowest BCUT2D eigenvalue weighted by atomic mass is 10.2. The first-order valence-corrected chi connectivity index (χ1v) is 6.46. The van der Waals surface area contributed by atoms with Crippen molar-refractivity contribution in [3.05, 3.63) is 33.9 Å². The molecule has 0 unspecified atom stereocenters. The van der Waals surface area contributed by atoms with E-state index in [1.807, 2.05) is 0 Å². The van der Waals surface area contributed by atoms with Crippen LogP contribution in [0.25, 0.3) is 0 Å². The molecule has 0 aromatic heterocycles. The largest absolute Gasteiger partial charge is 0.465 e. The van der Waals surface area contributed by atoms with Gasteiger partial charge in [-0.3, -0.25) is 14.9 Å². The number of thioether (sulfide) groups is 1. The number of nitrogen functional groups attached to an aromatic ring is 1. The van der Waals surface area contributed by atoms with Crippen LogP contribution in [0.2, 0.25) is 0 Å². The summed E-state index contributed by atoms with van der Waals surface area (Å²) in [5, 5.41) is 10.7. The molecule has 0 aliphatic heterocycles. The van der Waals surface area contributed by atoms with Gasteiger partial charge in [-0.1, -0.05) is 12.1 Å². The smallest absolute Gasteiger partial charge is 0.315 e. The van der Waals surface area contributed by atoms with Crippen LogP contribution >= 0.6 is 11.8 Å². The van der Waals surface area contributed by atoms with Gasteiger partial charge in [-0.2, -0.15) is 0 Å². The van der Waals surface area contributed by atoms with E-state index in [2.05, 4.69) is 0 Å². The van der Waals surface area contributed by atoms with Crippen LogP contribution in [0.4, 0.5) is 11.4 Å². The maximum absolute atomic E-state index is 11.1. The van der Waals surface area contributed by atoms with Crippen LogP contribution in [0.1, 0.15) is 12.5 Å². The number of nitro benzene ring substituents is 1. The Kier molecular flexibility index (Phi) is 5.44. The number of carbonyl (C=O) groups is 1. The Bertz CT molecular complexity index is 451. The van der Waals surface area contributed by atoms with E-state index in [1.165, 1.54) is 17.8 Å². The summed E-state index contributed by atoms with van der Waals surface area (Å²) in [7, 11) is 0. The zero-order valence-corrected chi connectivity index (χ0v) is 10.7. The second kappa shape index (κ2) is 6.85. The number of rotatable bonds is 6. The average molecular weight is 270 g/mol. The molecule has 0 aliphatic carbocycles. The summed E-state index contributed by atoms with van der Waals surface area (Å²) in [6.45, 7) is 2.08. The Labute approximate surface area is 109 Å². The minimum Gasteiger partial charge on any atom is -0.465 e. The van der Waals surface area contributed by atoms with Gasteiger partial charge in [0.1, 0.15) is 5.69 Å². The topological polar surface area (TPSA) is 95.5 Å². The van der Waals surface area contributed by atoms with Crippen molar-refractivity contribution < 1.29 is 14.5 Å². The number of nitrogens with two attached hydrogens (primary N) is 1.